The van der Waals surface area contributed by atoms with Crippen molar-refractivity contribution >= 4 is 12.1 Å². The average molecular weight is 365 g/mol. The number of amidine groups is 1. The lowest BCUT2D eigenvalue weighted by Gasteiger charge is -2.27. The van der Waals surface area contributed by atoms with E-state index in [4.69, 9.17) is 14.9 Å². The van der Waals surface area contributed by atoms with Crippen molar-refractivity contribution in [2.24, 2.45) is 4.99 Å². The molecule has 2 aromatic rings. The van der Waals surface area contributed by atoms with E-state index in [2.05, 4.69) is 16.5 Å². The van der Waals surface area contributed by atoms with Gasteiger partial charge >= 0.3 is 0 Å². The molecule has 0 aliphatic rings. The van der Waals surface area contributed by atoms with E-state index in [1.54, 1.807) is 14.2 Å². The largest absolute Gasteiger partial charge is 0.497 e. The van der Waals surface area contributed by atoms with Gasteiger partial charge in [-0.15, -0.1) is 0 Å². The third-order valence-electron chi connectivity index (χ3n) is 4.13. The molecule has 0 aromatic heterocycles. The minimum absolute atomic E-state index is 0.596. The van der Waals surface area contributed by atoms with Crippen LogP contribution in [0.2, 0.25) is 0 Å². The molecule has 0 atom stereocenters. The van der Waals surface area contributed by atoms with Gasteiger partial charge in [-0.2, -0.15) is 0 Å². The lowest BCUT2D eigenvalue weighted by atomic mass is 10.1. The van der Waals surface area contributed by atoms with Gasteiger partial charge in [-0.3, -0.25) is 4.99 Å². The summed E-state index contributed by atoms with van der Waals surface area (Å²) in [5, 5.41) is 7.61. The maximum Gasteiger partial charge on any atom is 0.132 e. The third-order valence-corrected chi connectivity index (χ3v) is 4.13. The number of benzene rings is 2. The van der Waals surface area contributed by atoms with Crippen LogP contribution < -0.4 is 9.47 Å². The van der Waals surface area contributed by atoms with Crippen molar-refractivity contribution in [3.8, 4) is 11.5 Å². The molecule has 5 heteroatoms. The molecule has 0 amide bonds. The van der Waals surface area contributed by atoms with E-state index in [1.165, 1.54) is 6.21 Å². The van der Waals surface area contributed by atoms with Crippen LogP contribution in [0.3, 0.4) is 0 Å². The van der Waals surface area contributed by atoms with Gasteiger partial charge in [0.25, 0.3) is 0 Å². The molecule has 2 aromatic carbocycles. The molecule has 0 bridgehead atoms. The lowest BCUT2D eigenvalue weighted by molar-refractivity contribution is 0.400. The predicted molar refractivity (Wildman–Crippen MR) is 111 cm³/mol. The highest BCUT2D eigenvalue weighted by molar-refractivity contribution is 6.13. The normalized spacial score (nSPS) is 11.0. The molecule has 0 unspecified atom stereocenters. The predicted octanol–water partition coefficient (Wildman–Crippen LogP) is 4.33. The van der Waals surface area contributed by atoms with Gasteiger partial charge in [-0.25, -0.2) is 0 Å². The summed E-state index contributed by atoms with van der Waals surface area (Å²) < 4.78 is 10.5. The Balaban J connectivity index is 2.31. The Morgan fingerprint density at radius 3 is 1.74 bits per heavy atom. The summed E-state index contributed by atoms with van der Waals surface area (Å²) in [4.78, 5) is 6.74. The number of hydrogen-bond donors (Lipinski definition) is 1. The SMILES string of the molecule is C=C(C=N)C(=NCC)N(Cc1ccc(OC)cc1)Cc1ccc(OC)cc1. The Labute approximate surface area is 161 Å². The summed E-state index contributed by atoms with van der Waals surface area (Å²) in [5.41, 5.74) is 2.86. The van der Waals surface area contributed by atoms with E-state index < -0.39 is 0 Å². The maximum absolute atomic E-state index is 7.61. The second kappa shape index (κ2) is 10.2. The smallest absolute Gasteiger partial charge is 0.132 e. The van der Waals surface area contributed by atoms with Crippen molar-refractivity contribution in [2.75, 3.05) is 20.8 Å². The van der Waals surface area contributed by atoms with E-state index in [0.717, 1.165) is 28.5 Å². The van der Waals surface area contributed by atoms with Crippen LogP contribution in [-0.2, 0) is 13.1 Å². The molecular formula is C22H27N3O2. The zero-order chi connectivity index (χ0) is 19.6. The molecule has 142 valence electrons. The molecule has 1 N–H and O–H groups in total. The van der Waals surface area contributed by atoms with Crippen molar-refractivity contribution in [3.05, 3.63) is 71.8 Å². The Morgan fingerprint density at radius 2 is 1.41 bits per heavy atom. The van der Waals surface area contributed by atoms with E-state index >= 15 is 0 Å². The van der Waals surface area contributed by atoms with Crippen LogP contribution in [-0.4, -0.2) is 37.7 Å². The van der Waals surface area contributed by atoms with Crippen molar-refractivity contribution < 1.29 is 9.47 Å². The van der Waals surface area contributed by atoms with Crippen LogP contribution in [0, 0.1) is 5.41 Å². The van der Waals surface area contributed by atoms with E-state index in [0.29, 0.717) is 25.2 Å². The first-order valence-electron chi connectivity index (χ1n) is 8.86. The van der Waals surface area contributed by atoms with Crippen LogP contribution in [0.25, 0.3) is 0 Å². The summed E-state index contributed by atoms with van der Waals surface area (Å²) in [6.07, 6.45) is 1.25. The first-order chi connectivity index (χ1) is 13.1. The maximum atomic E-state index is 7.61. The summed E-state index contributed by atoms with van der Waals surface area (Å²) in [6.45, 7) is 7.92. The first-order valence-corrected chi connectivity index (χ1v) is 8.86. The summed E-state index contributed by atoms with van der Waals surface area (Å²) >= 11 is 0. The third kappa shape index (κ3) is 5.71. The van der Waals surface area contributed by atoms with Gasteiger partial charge in [0.2, 0.25) is 0 Å². The molecule has 27 heavy (non-hydrogen) atoms. The number of hydrogen-bond acceptors (Lipinski definition) is 4. The Bertz CT molecular complexity index is 731. The van der Waals surface area contributed by atoms with Gasteiger partial charge in [-0.1, -0.05) is 30.8 Å². The number of nitrogens with one attached hydrogen (secondary N) is 1. The van der Waals surface area contributed by atoms with Crippen molar-refractivity contribution in [1.82, 2.24) is 4.90 Å². The quantitative estimate of drug-likeness (QED) is 0.531. The molecule has 0 spiro atoms. The van der Waals surface area contributed by atoms with Crippen molar-refractivity contribution in [1.29, 1.82) is 5.41 Å². The highest BCUT2D eigenvalue weighted by Crippen LogP contribution is 2.18. The van der Waals surface area contributed by atoms with Crippen LogP contribution in [0.4, 0.5) is 0 Å². The molecule has 0 radical (unpaired) electrons. The molecule has 0 heterocycles. The van der Waals surface area contributed by atoms with Crippen LogP contribution >= 0.6 is 0 Å². The van der Waals surface area contributed by atoms with Crippen LogP contribution in [0.1, 0.15) is 18.1 Å². The number of nitrogens with zero attached hydrogens (tertiary/aromatic N) is 2. The lowest BCUT2D eigenvalue weighted by Crippen LogP contribution is -2.32. The van der Waals surface area contributed by atoms with E-state index in [9.17, 15) is 0 Å². The minimum atomic E-state index is 0.596. The van der Waals surface area contributed by atoms with Crippen LogP contribution in [0.5, 0.6) is 11.5 Å². The molecule has 0 saturated carbocycles. The second-order valence-electron chi connectivity index (χ2n) is 6.02. The highest BCUT2D eigenvalue weighted by atomic mass is 16.5. The van der Waals surface area contributed by atoms with E-state index in [1.807, 2.05) is 55.5 Å². The summed E-state index contributed by atoms with van der Waals surface area (Å²) in [5.74, 6) is 2.39. The molecule has 0 aliphatic heterocycles. The fourth-order valence-electron chi connectivity index (χ4n) is 2.73. The standard InChI is InChI=1S/C22H27N3O2/c1-5-24-22(17(2)14-23)25(15-18-6-10-20(26-3)11-7-18)16-19-8-12-21(27-4)13-9-19/h6-14,23H,2,5,15-16H2,1,3-4H3. The van der Waals surface area contributed by atoms with Gasteiger partial charge in [0.15, 0.2) is 0 Å². The summed E-state index contributed by atoms with van der Waals surface area (Å²) in [7, 11) is 3.32. The second-order valence-corrected chi connectivity index (χ2v) is 6.02. The number of ether oxygens (including phenoxy) is 2. The first kappa shape index (κ1) is 20.2. The molecular weight excluding hydrogens is 338 g/mol. The van der Waals surface area contributed by atoms with Gasteiger partial charge in [-0.05, 0) is 42.3 Å². The van der Waals surface area contributed by atoms with Crippen molar-refractivity contribution in [3.63, 3.8) is 0 Å². The Kier molecular flexibility index (Phi) is 7.62. The number of methoxy groups -OCH3 is 2. The minimum Gasteiger partial charge on any atom is -0.497 e. The van der Waals surface area contributed by atoms with E-state index in [-0.39, 0.29) is 0 Å². The van der Waals surface area contributed by atoms with Crippen molar-refractivity contribution in [2.45, 2.75) is 20.0 Å². The van der Waals surface area contributed by atoms with Gasteiger partial charge in [0.1, 0.15) is 17.3 Å². The summed E-state index contributed by atoms with van der Waals surface area (Å²) in [6, 6.07) is 15.9. The topological polar surface area (TPSA) is 57.9 Å². The fraction of sp³-hybridized carbons (Fsp3) is 0.273. The molecule has 0 saturated heterocycles. The fourth-order valence-corrected chi connectivity index (χ4v) is 2.73. The Hall–Kier alpha value is -3.08. The Morgan fingerprint density at radius 1 is 0.963 bits per heavy atom. The molecule has 5 nitrogen and oxygen atoms in total. The molecule has 0 fully saturated rings. The molecule has 0 aliphatic carbocycles. The highest BCUT2D eigenvalue weighted by Gasteiger charge is 2.15. The van der Waals surface area contributed by atoms with Crippen LogP contribution in [0.15, 0.2) is 65.7 Å². The number of aliphatic imine (C=N–C) groups is 1. The zero-order valence-electron chi connectivity index (χ0n) is 16.2. The van der Waals surface area contributed by atoms with Gasteiger partial charge in [0, 0.05) is 31.4 Å². The zero-order valence-corrected chi connectivity index (χ0v) is 16.2. The number of rotatable bonds is 9. The average Bonchev–Trinajstić information content (AvgIpc) is 2.72. The van der Waals surface area contributed by atoms with Gasteiger partial charge in [0.05, 0.1) is 14.2 Å². The van der Waals surface area contributed by atoms with Gasteiger partial charge < -0.3 is 19.8 Å². The monoisotopic (exact) mass is 365 g/mol. The molecule has 2 rings (SSSR count).